The Labute approximate surface area is 97.6 Å². The normalized spacial score (nSPS) is 22.9. The Balaban J connectivity index is 2.55. The topological polar surface area (TPSA) is 49.8 Å². The van der Waals surface area contributed by atoms with Crippen LogP contribution in [0.3, 0.4) is 0 Å². The molecule has 0 spiro atoms. The molecule has 1 unspecified atom stereocenters. The molecule has 94 valence electrons. The van der Waals surface area contributed by atoms with Crippen molar-refractivity contribution < 1.29 is 14.6 Å². The van der Waals surface area contributed by atoms with E-state index in [1.54, 1.807) is 0 Å². The van der Waals surface area contributed by atoms with Crippen molar-refractivity contribution in [3.05, 3.63) is 0 Å². The van der Waals surface area contributed by atoms with Gasteiger partial charge in [-0.15, -0.1) is 0 Å². The summed E-state index contributed by atoms with van der Waals surface area (Å²) in [7, 11) is 0. The molecule has 0 aromatic carbocycles. The Morgan fingerprint density at radius 1 is 1.44 bits per heavy atom. The summed E-state index contributed by atoms with van der Waals surface area (Å²) in [5, 5.41) is 9.28. The number of ether oxygens (including phenoxy) is 1. The summed E-state index contributed by atoms with van der Waals surface area (Å²) in [5.41, 5.74) is -0.711. The molecule has 0 aromatic rings. The van der Waals surface area contributed by atoms with Gasteiger partial charge in [-0.05, 0) is 33.1 Å². The molecular weight excluding hydrogens is 206 g/mol. The summed E-state index contributed by atoms with van der Waals surface area (Å²) in [6, 6.07) is 0. The molecule has 1 aliphatic rings. The Bertz CT molecular complexity index is 236. The van der Waals surface area contributed by atoms with Crippen LogP contribution in [-0.2, 0) is 9.53 Å². The van der Waals surface area contributed by atoms with E-state index in [9.17, 15) is 9.90 Å². The minimum absolute atomic E-state index is 0.316. The van der Waals surface area contributed by atoms with Gasteiger partial charge in [0.1, 0.15) is 5.54 Å². The van der Waals surface area contributed by atoms with Crippen LogP contribution in [-0.4, -0.2) is 47.3 Å². The van der Waals surface area contributed by atoms with Gasteiger partial charge >= 0.3 is 5.97 Å². The van der Waals surface area contributed by atoms with Gasteiger partial charge in [0.2, 0.25) is 0 Å². The third-order valence-electron chi connectivity index (χ3n) is 3.69. The molecule has 0 aromatic heterocycles. The molecule has 0 radical (unpaired) electrons. The van der Waals surface area contributed by atoms with Gasteiger partial charge in [-0.3, -0.25) is 9.69 Å². The van der Waals surface area contributed by atoms with Crippen LogP contribution in [0.5, 0.6) is 0 Å². The zero-order valence-electron chi connectivity index (χ0n) is 10.5. The first kappa shape index (κ1) is 13.5. The van der Waals surface area contributed by atoms with Crippen molar-refractivity contribution in [2.75, 3.05) is 19.7 Å². The molecule has 1 heterocycles. The molecule has 0 amide bonds. The number of carboxylic acid groups (broad SMARTS) is 1. The van der Waals surface area contributed by atoms with E-state index in [-0.39, 0.29) is 0 Å². The maximum atomic E-state index is 11.3. The molecule has 1 rings (SSSR count). The molecule has 16 heavy (non-hydrogen) atoms. The lowest BCUT2D eigenvalue weighted by atomic mass is 9.93. The van der Waals surface area contributed by atoms with E-state index in [1.807, 2.05) is 20.8 Å². The highest BCUT2D eigenvalue weighted by Gasteiger charge is 2.39. The summed E-state index contributed by atoms with van der Waals surface area (Å²) in [4.78, 5) is 13.4. The van der Waals surface area contributed by atoms with Crippen LogP contribution in [0.25, 0.3) is 0 Å². The molecule has 1 N–H and O–H groups in total. The quantitative estimate of drug-likeness (QED) is 0.780. The Hall–Kier alpha value is -0.610. The average Bonchev–Trinajstić information content (AvgIpc) is 2.29. The molecule has 1 fully saturated rings. The second-order valence-corrected chi connectivity index (χ2v) is 4.57. The van der Waals surface area contributed by atoms with Crippen LogP contribution < -0.4 is 0 Å². The maximum absolute atomic E-state index is 11.3. The van der Waals surface area contributed by atoms with E-state index in [1.165, 1.54) is 0 Å². The number of piperidine rings is 1. The molecule has 4 heteroatoms. The Morgan fingerprint density at radius 2 is 2.00 bits per heavy atom. The number of carboxylic acids is 1. The number of hydrogen-bond acceptors (Lipinski definition) is 3. The second kappa shape index (κ2) is 5.64. The van der Waals surface area contributed by atoms with Gasteiger partial charge in [0, 0.05) is 19.7 Å². The molecule has 1 atom stereocenters. The standard InChI is InChI=1S/C12H23NO3/c1-4-12(3,11(14)15)13-8-6-10(7-9-13)16-5-2/h10H,4-9H2,1-3H3,(H,14,15). The van der Waals surface area contributed by atoms with E-state index in [2.05, 4.69) is 4.90 Å². The van der Waals surface area contributed by atoms with Crippen molar-refractivity contribution >= 4 is 5.97 Å². The smallest absolute Gasteiger partial charge is 0.323 e. The minimum Gasteiger partial charge on any atom is -0.480 e. The lowest BCUT2D eigenvalue weighted by Crippen LogP contribution is -2.55. The maximum Gasteiger partial charge on any atom is 0.323 e. The molecular formula is C12H23NO3. The zero-order valence-corrected chi connectivity index (χ0v) is 10.5. The fraction of sp³-hybridized carbons (Fsp3) is 0.917. The first-order valence-corrected chi connectivity index (χ1v) is 6.14. The number of likely N-dealkylation sites (tertiary alicyclic amines) is 1. The number of hydrogen-bond donors (Lipinski definition) is 1. The van der Waals surface area contributed by atoms with Crippen molar-refractivity contribution in [3.63, 3.8) is 0 Å². The van der Waals surface area contributed by atoms with E-state index in [0.29, 0.717) is 12.5 Å². The van der Waals surface area contributed by atoms with Gasteiger partial charge in [-0.2, -0.15) is 0 Å². The van der Waals surface area contributed by atoms with Gasteiger partial charge in [0.05, 0.1) is 6.10 Å². The monoisotopic (exact) mass is 229 g/mol. The first-order valence-electron chi connectivity index (χ1n) is 6.14. The van der Waals surface area contributed by atoms with Crippen LogP contribution in [0.2, 0.25) is 0 Å². The SMILES string of the molecule is CCOC1CCN(C(C)(CC)C(=O)O)CC1. The van der Waals surface area contributed by atoms with E-state index >= 15 is 0 Å². The number of aliphatic carboxylic acids is 1. The molecule has 1 aliphatic heterocycles. The lowest BCUT2D eigenvalue weighted by Gasteiger charge is -2.41. The van der Waals surface area contributed by atoms with Crippen LogP contribution in [0.15, 0.2) is 0 Å². The third-order valence-corrected chi connectivity index (χ3v) is 3.69. The van der Waals surface area contributed by atoms with Crippen molar-refractivity contribution in [2.45, 2.75) is 51.7 Å². The van der Waals surface area contributed by atoms with E-state index in [4.69, 9.17) is 4.74 Å². The van der Waals surface area contributed by atoms with Crippen molar-refractivity contribution in [2.24, 2.45) is 0 Å². The Morgan fingerprint density at radius 3 is 2.38 bits per heavy atom. The van der Waals surface area contributed by atoms with Crippen LogP contribution in [0.1, 0.15) is 40.0 Å². The summed E-state index contributed by atoms with van der Waals surface area (Å²) in [5.74, 6) is -0.718. The molecule has 4 nitrogen and oxygen atoms in total. The highest BCUT2D eigenvalue weighted by molar-refractivity contribution is 5.78. The van der Waals surface area contributed by atoms with Crippen LogP contribution >= 0.6 is 0 Å². The molecule has 0 bridgehead atoms. The molecule has 0 aliphatic carbocycles. The largest absolute Gasteiger partial charge is 0.480 e. The number of carbonyl (C=O) groups is 1. The van der Waals surface area contributed by atoms with E-state index in [0.717, 1.165) is 32.5 Å². The summed E-state index contributed by atoms with van der Waals surface area (Å²) in [6.07, 6.45) is 2.84. The summed E-state index contributed by atoms with van der Waals surface area (Å²) in [6.45, 7) is 8.14. The highest BCUT2D eigenvalue weighted by Crippen LogP contribution is 2.25. The number of nitrogens with zero attached hydrogens (tertiary/aromatic N) is 1. The fourth-order valence-corrected chi connectivity index (χ4v) is 2.26. The fourth-order valence-electron chi connectivity index (χ4n) is 2.26. The highest BCUT2D eigenvalue weighted by atomic mass is 16.5. The van der Waals surface area contributed by atoms with Crippen LogP contribution in [0, 0.1) is 0 Å². The predicted molar refractivity (Wildman–Crippen MR) is 62.6 cm³/mol. The minimum atomic E-state index is -0.718. The first-order chi connectivity index (χ1) is 7.54. The van der Waals surface area contributed by atoms with Gasteiger partial charge in [0.25, 0.3) is 0 Å². The average molecular weight is 229 g/mol. The van der Waals surface area contributed by atoms with Gasteiger partial charge in [-0.1, -0.05) is 6.92 Å². The lowest BCUT2D eigenvalue weighted by molar-refractivity contribution is -0.152. The van der Waals surface area contributed by atoms with Gasteiger partial charge < -0.3 is 9.84 Å². The summed E-state index contributed by atoms with van der Waals surface area (Å²) >= 11 is 0. The van der Waals surface area contributed by atoms with Crippen molar-refractivity contribution in [1.82, 2.24) is 4.90 Å². The predicted octanol–water partition coefficient (Wildman–Crippen LogP) is 1.74. The van der Waals surface area contributed by atoms with Crippen molar-refractivity contribution in [3.8, 4) is 0 Å². The van der Waals surface area contributed by atoms with Gasteiger partial charge in [-0.25, -0.2) is 0 Å². The van der Waals surface area contributed by atoms with Crippen LogP contribution in [0.4, 0.5) is 0 Å². The third kappa shape index (κ3) is 2.74. The van der Waals surface area contributed by atoms with Crippen molar-refractivity contribution in [1.29, 1.82) is 0 Å². The molecule has 0 saturated carbocycles. The number of rotatable bonds is 5. The van der Waals surface area contributed by atoms with Gasteiger partial charge in [0.15, 0.2) is 0 Å². The zero-order chi connectivity index (χ0) is 12.2. The molecule has 1 saturated heterocycles. The van der Waals surface area contributed by atoms with E-state index < -0.39 is 11.5 Å². The Kier molecular flexibility index (Phi) is 4.74. The summed E-state index contributed by atoms with van der Waals surface area (Å²) < 4.78 is 5.56. The second-order valence-electron chi connectivity index (χ2n) is 4.57.